The van der Waals surface area contributed by atoms with Crippen molar-refractivity contribution in [1.29, 1.82) is 5.26 Å². The lowest BCUT2D eigenvalue weighted by atomic mass is 10.1. The number of ether oxygens (including phenoxy) is 2. The van der Waals surface area contributed by atoms with Gasteiger partial charge in [0.25, 0.3) is 0 Å². The second-order valence-corrected chi connectivity index (χ2v) is 6.34. The highest BCUT2D eigenvalue weighted by molar-refractivity contribution is 5.91. The van der Waals surface area contributed by atoms with Gasteiger partial charge < -0.3 is 9.47 Å². The summed E-state index contributed by atoms with van der Waals surface area (Å²) in [7, 11) is 0. The molecular weight excluding hydrogens is 373 g/mol. The van der Waals surface area contributed by atoms with Crippen LogP contribution in [-0.2, 0) is 4.79 Å². The lowest BCUT2D eigenvalue weighted by Crippen LogP contribution is -2.09. The number of unbranched alkanes of at least 4 members (excludes halogenated alkanes) is 4. The van der Waals surface area contributed by atoms with E-state index in [2.05, 4.69) is 6.92 Å². The van der Waals surface area contributed by atoms with Crippen LogP contribution in [0.25, 0.3) is 0 Å². The molecule has 2 aromatic carbocycles. The van der Waals surface area contributed by atoms with Crippen molar-refractivity contribution < 1.29 is 23.5 Å². The molecule has 0 bridgehead atoms. The standard InChI is InChI=1S/C23H22FNO4/c1-2-3-4-5-6-7-8-22(26)28-19-12-9-17(10-13-19)23(27)29-20-14-11-18(16-25)21(24)15-20/h7-15H,2-6H2,1H3. The smallest absolute Gasteiger partial charge is 0.343 e. The number of nitriles is 1. The molecule has 150 valence electrons. The van der Waals surface area contributed by atoms with Crippen molar-refractivity contribution in [3.63, 3.8) is 0 Å². The molecule has 0 atom stereocenters. The number of carbonyl (C=O) groups excluding carboxylic acids is 2. The average molecular weight is 395 g/mol. The van der Waals surface area contributed by atoms with Crippen molar-refractivity contribution in [1.82, 2.24) is 0 Å². The highest BCUT2D eigenvalue weighted by Crippen LogP contribution is 2.19. The summed E-state index contributed by atoms with van der Waals surface area (Å²) < 4.78 is 23.8. The normalized spacial score (nSPS) is 10.5. The quantitative estimate of drug-likeness (QED) is 0.248. The summed E-state index contributed by atoms with van der Waals surface area (Å²) in [6.45, 7) is 2.14. The Morgan fingerprint density at radius 3 is 2.41 bits per heavy atom. The first-order valence-corrected chi connectivity index (χ1v) is 9.43. The zero-order valence-electron chi connectivity index (χ0n) is 16.2. The Bertz CT molecular complexity index is 913. The molecule has 0 amide bonds. The monoisotopic (exact) mass is 395 g/mol. The Morgan fingerprint density at radius 1 is 1.03 bits per heavy atom. The number of nitrogens with zero attached hydrogens (tertiary/aromatic N) is 1. The van der Waals surface area contributed by atoms with Crippen molar-refractivity contribution in [2.75, 3.05) is 0 Å². The van der Waals surface area contributed by atoms with Crippen LogP contribution in [0.3, 0.4) is 0 Å². The summed E-state index contributed by atoms with van der Waals surface area (Å²) >= 11 is 0. The molecule has 0 fully saturated rings. The van der Waals surface area contributed by atoms with Gasteiger partial charge >= 0.3 is 11.9 Å². The summed E-state index contributed by atoms with van der Waals surface area (Å²) in [4.78, 5) is 23.9. The Balaban J connectivity index is 1.86. The Hall–Kier alpha value is -3.46. The summed E-state index contributed by atoms with van der Waals surface area (Å²) in [5.41, 5.74) is 0.0759. The van der Waals surface area contributed by atoms with Gasteiger partial charge in [-0.3, -0.25) is 0 Å². The van der Waals surface area contributed by atoms with Gasteiger partial charge in [0.15, 0.2) is 0 Å². The van der Waals surface area contributed by atoms with Gasteiger partial charge in [-0.1, -0.05) is 32.3 Å². The van der Waals surface area contributed by atoms with E-state index in [4.69, 9.17) is 14.7 Å². The van der Waals surface area contributed by atoms with Crippen molar-refractivity contribution in [3.05, 3.63) is 71.6 Å². The van der Waals surface area contributed by atoms with Gasteiger partial charge in [0.2, 0.25) is 0 Å². The molecule has 2 aromatic rings. The molecule has 5 nitrogen and oxygen atoms in total. The van der Waals surface area contributed by atoms with E-state index >= 15 is 0 Å². The minimum Gasteiger partial charge on any atom is -0.423 e. The Morgan fingerprint density at radius 2 is 1.76 bits per heavy atom. The molecule has 0 aliphatic heterocycles. The van der Waals surface area contributed by atoms with Gasteiger partial charge in [-0.15, -0.1) is 0 Å². The number of benzene rings is 2. The number of rotatable bonds is 9. The summed E-state index contributed by atoms with van der Waals surface area (Å²) in [6.07, 6.45) is 8.55. The van der Waals surface area contributed by atoms with Crippen LogP contribution < -0.4 is 9.47 Å². The molecule has 0 heterocycles. The number of esters is 2. The molecule has 0 unspecified atom stereocenters. The van der Waals surface area contributed by atoms with Gasteiger partial charge in [0, 0.05) is 12.1 Å². The van der Waals surface area contributed by atoms with E-state index in [0.717, 1.165) is 25.3 Å². The first-order valence-electron chi connectivity index (χ1n) is 9.43. The molecule has 0 aliphatic rings. The third-order valence-corrected chi connectivity index (χ3v) is 4.06. The van der Waals surface area contributed by atoms with E-state index in [1.165, 1.54) is 55.3 Å². The van der Waals surface area contributed by atoms with Crippen LogP contribution >= 0.6 is 0 Å². The van der Waals surface area contributed by atoms with Gasteiger partial charge in [0.05, 0.1) is 11.1 Å². The van der Waals surface area contributed by atoms with Crippen molar-refractivity contribution in [2.24, 2.45) is 0 Å². The topological polar surface area (TPSA) is 76.4 Å². The first kappa shape index (κ1) is 21.8. The van der Waals surface area contributed by atoms with E-state index < -0.39 is 17.8 Å². The van der Waals surface area contributed by atoms with Gasteiger partial charge in [0.1, 0.15) is 23.4 Å². The van der Waals surface area contributed by atoms with Crippen molar-refractivity contribution >= 4 is 11.9 Å². The lowest BCUT2D eigenvalue weighted by Gasteiger charge is -2.06. The second-order valence-electron chi connectivity index (χ2n) is 6.34. The molecule has 6 heteroatoms. The molecular formula is C23H22FNO4. The number of allylic oxidation sites excluding steroid dienone is 1. The zero-order chi connectivity index (χ0) is 21.1. The van der Waals surface area contributed by atoms with Gasteiger partial charge in [-0.05, 0) is 49.2 Å². The molecule has 2 rings (SSSR count). The maximum atomic E-state index is 13.6. The van der Waals surface area contributed by atoms with E-state index in [-0.39, 0.29) is 16.9 Å². The molecule has 29 heavy (non-hydrogen) atoms. The first-order chi connectivity index (χ1) is 14.0. The maximum Gasteiger partial charge on any atom is 0.343 e. The largest absolute Gasteiger partial charge is 0.423 e. The fraction of sp³-hybridized carbons (Fsp3) is 0.261. The maximum absolute atomic E-state index is 13.6. The SMILES string of the molecule is CCCCCCC=CC(=O)Oc1ccc(C(=O)Oc2ccc(C#N)c(F)c2)cc1. The molecule has 0 aromatic heterocycles. The molecule has 0 spiro atoms. The fourth-order valence-electron chi connectivity index (χ4n) is 2.49. The van der Waals surface area contributed by atoms with E-state index in [9.17, 15) is 14.0 Å². The van der Waals surface area contributed by atoms with E-state index in [0.29, 0.717) is 5.75 Å². The lowest BCUT2D eigenvalue weighted by molar-refractivity contribution is -0.129. The van der Waals surface area contributed by atoms with Crippen LogP contribution in [0, 0.1) is 17.1 Å². The van der Waals surface area contributed by atoms with Crippen molar-refractivity contribution in [2.45, 2.75) is 39.0 Å². The van der Waals surface area contributed by atoms with Crippen LogP contribution in [0.1, 0.15) is 54.9 Å². The number of halogens is 1. The number of carbonyl (C=O) groups is 2. The minimum atomic E-state index is -0.765. The Labute approximate surface area is 169 Å². The van der Waals surface area contributed by atoms with Crippen LogP contribution in [0.15, 0.2) is 54.6 Å². The molecule has 0 saturated carbocycles. The van der Waals surface area contributed by atoms with Crippen LogP contribution in [0.5, 0.6) is 11.5 Å². The van der Waals surface area contributed by atoms with E-state index in [1.54, 1.807) is 12.1 Å². The van der Waals surface area contributed by atoms with E-state index in [1.807, 2.05) is 0 Å². The summed E-state index contributed by atoms with van der Waals surface area (Å²) in [5.74, 6) is -1.65. The second kappa shape index (κ2) is 11.4. The summed E-state index contributed by atoms with van der Waals surface area (Å²) in [6, 6.07) is 11.1. The molecule has 0 saturated heterocycles. The number of hydrogen-bond acceptors (Lipinski definition) is 5. The summed E-state index contributed by atoms with van der Waals surface area (Å²) in [5, 5.41) is 8.71. The minimum absolute atomic E-state index is 0.00826. The molecule has 0 radical (unpaired) electrons. The third-order valence-electron chi connectivity index (χ3n) is 4.06. The highest BCUT2D eigenvalue weighted by atomic mass is 19.1. The van der Waals surface area contributed by atoms with Crippen LogP contribution in [0.2, 0.25) is 0 Å². The van der Waals surface area contributed by atoms with Crippen LogP contribution in [-0.4, -0.2) is 11.9 Å². The highest BCUT2D eigenvalue weighted by Gasteiger charge is 2.11. The zero-order valence-corrected chi connectivity index (χ0v) is 16.2. The van der Waals surface area contributed by atoms with Gasteiger partial charge in [-0.2, -0.15) is 5.26 Å². The predicted molar refractivity (Wildman–Crippen MR) is 106 cm³/mol. The molecule has 0 aliphatic carbocycles. The van der Waals surface area contributed by atoms with Crippen molar-refractivity contribution in [3.8, 4) is 17.6 Å². The Kier molecular flexibility index (Phi) is 8.58. The fourth-order valence-corrected chi connectivity index (χ4v) is 2.49. The number of hydrogen-bond donors (Lipinski definition) is 0. The molecule has 0 N–H and O–H groups in total. The van der Waals surface area contributed by atoms with Crippen LogP contribution in [0.4, 0.5) is 4.39 Å². The predicted octanol–water partition coefficient (Wildman–Crippen LogP) is 5.35. The van der Waals surface area contributed by atoms with Gasteiger partial charge in [-0.25, -0.2) is 14.0 Å². The third kappa shape index (κ3) is 7.23. The average Bonchev–Trinajstić information content (AvgIpc) is 2.71.